The van der Waals surface area contributed by atoms with Crippen LogP contribution < -0.4 is 5.32 Å². The van der Waals surface area contributed by atoms with Gasteiger partial charge >= 0.3 is 0 Å². The van der Waals surface area contributed by atoms with Gasteiger partial charge in [-0.25, -0.2) is 0 Å². The summed E-state index contributed by atoms with van der Waals surface area (Å²) in [7, 11) is 3.97. The molecule has 0 saturated heterocycles. The maximum atomic E-state index is 4.36. The van der Waals surface area contributed by atoms with Crippen LogP contribution in [0, 0.1) is 6.92 Å². The Morgan fingerprint density at radius 3 is 2.88 bits per heavy atom. The molecule has 86 valence electrons. The maximum Gasteiger partial charge on any atom is 0.0794 e. The van der Waals surface area contributed by atoms with Crippen molar-refractivity contribution in [2.45, 2.75) is 19.4 Å². The molecule has 0 aliphatic heterocycles. The van der Waals surface area contributed by atoms with Crippen LogP contribution in [0.2, 0.25) is 0 Å². The third-order valence-electron chi connectivity index (χ3n) is 2.66. The smallest absolute Gasteiger partial charge is 0.0794 e. The average Bonchev–Trinajstić information content (AvgIpc) is 2.85. The maximum absolute atomic E-state index is 4.36. The summed E-state index contributed by atoms with van der Waals surface area (Å²) in [5.74, 6) is 0. The van der Waals surface area contributed by atoms with E-state index in [1.54, 1.807) is 11.3 Å². The van der Waals surface area contributed by atoms with E-state index in [0.29, 0.717) is 6.04 Å². The molecule has 1 N–H and O–H groups in total. The van der Waals surface area contributed by atoms with Crippen molar-refractivity contribution in [1.82, 2.24) is 20.1 Å². The lowest BCUT2D eigenvalue weighted by molar-refractivity contribution is 0.568. The van der Waals surface area contributed by atoms with Crippen LogP contribution in [0.3, 0.4) is 0 Å². The lowest BCUT2D eigenvalue weighted by Crippen LogP contribution is -2.19. The van der Waals surface area contributed by atoms with E-state index in [2.05, 4.69) is 21.5 Å². The largest absolute Gasteiger partial charge is 0.312 e. The summed E-state index contributed by atoms with van der Waals surface area (Å²) < 4.78 is 1.95. The minimum Gasteiger partial charge on any atom is -0.312 e. The van der Waals surface area contributed by atoms with Crippen molar-refractivity contribution >= 4 is 11.3 Å². The molecule has 0 aromatic carbocycles. The van der Waals surface area contributed by atoms with Crippen LogP contribution in [-0.2, 0) is 13.5 Å². The van der Waals surface area contributed by atoms with E-state index in [4.69, 9.17) is 0 Å². The fourth-order valence-electron chi connectivity index (χ4n) is 1.81. The topological polar surface area (TPSA) is 42.7 Å². The van der Waals surface area contributed by atoms with Crippen LogP contribution in [0.4, 0.5) is 0 Å². The fraction of sp³-hybridized carbons (Fsp3) is 0.455. The molecule has 0 amide bonds. The second-order valence-corrected chi connectivity index (χ2v) is 4.77. The average molecular weight is 236 g/mol. The Kier molecular flexibility index (Phi) is 3.36. The van der Waals surface area contributed by atoms with E-state index in [9.17, 15) is 0 Å². The first-order valence-corrected chi connectivity index (χ1v) is 6.14. The predicted molar refractivity (Wildman–Crippen MR) is 65.6 cm³/mol. The molecular formula is C11H16N4S. The van der Waals surface area contributed by atoms with Crippen LogP contribution in [-0.4, -0.2) is 21.8 Å². The quantitative estimate of drug-likeness (QED) is 0.878. The number of thiazole rings is 1. The van der Waals surface area contributed by atoms with Crippen molar-refractivity contribution in [1.29, 1.82) is 0 Å². The first-order chi connectivity index (χ1) is 7.70. The Morgan fingerprint density at radius 1 is 1.56 bits per heavy atom. The zero-order valence-electron chi connectivity index (χ0n) is 9.77. The Balaban J connectivity index is 2.16. The van der Waals surface area contributed by atoms with E-state index in [1.165, 1.54) is 10.6 Å². The van der Waals surface area contributed by atoms with Crippen molar-refractivity contribution in [3.05, 3.63) is 34.0 Å². The molecule has 2 rings (SSSR count). The first-order valence-electron chi connectivity index (χ1n) is 5.26. The summed E-state index contributed by atoms with van der Waals surface area (Å²) in [6.07, 6.45) is 2.87. The molecule has 2 heterocycles. The molecule has 0 fully saturated rings. The number of rotatable bonds is 4. The number of aromatic nitrogens is 3. The lowest BCUT2D eigenvalue weighted by Gasteiger charge is -2.13. The second kappa shape index (κ2) is 4.76. The van der Waals surface area contributed by atoms with Crippen molar-refractivity contribution in [2.24, 2.45) is 7.05 Å². The van der Waals surface area contributed by atoms with E-state index >= 15 is 0 Å². The molecule has 0 saturated carbocycles. The highest BCUT2D eigenvalue weighted by atomic mass is 32.1. The fourth-order valence-corrected chi connectivity index (χ4v) is 2.54. The monoisotopic (exact) mass is 236 g/mol. The number of nitrogens with zero attached hydrogens (tertiary/aromatic N) is 3. The van der Waals surface area contributed by atoms with Gasteiger partial charge in [-0.2, -0.15) is 5.10 Å². The SMILES string of the molecule is CNC(Cc1cc(C)nn1C)c1cncs1. The van der Waals surface area contributed by atoms with Gasteiger partial charge in [-0.15, -0.1) is 11.3 Å². The van der Waals surface area contributed by atoms with Gasteiger partial charge in [-0.1, -0.05) is 0 Å². The predicted octanol–water partition coefficient (Wildman–Crippen LogP) is 1.69. The lowest BCUT2D eigenvalue weighted by atomic mass is 10.1. The number of aryl methyl sites for hydroxylation is 2. The Bertz CT molecular complexity index is 447. The van der Waals surface area contributed by atoms with Crippen LogP contribution in [0.5, 0.6) is 0 Å². The van der Waals surface area contributed by atoms with Gasteiger partial charge in [-0.05, 0) is 20.0 Å². The van der Waals surface area contributed by atoms with Gasteiger partial charge in [-0.3, -0.25) is 9.67 Å². The van der Waals surface area contributed by atoms with E-state index in [0.717, 1.165) is 12.1 Å². The van der Waals surface area contributed by atoms with Crippen molar-refractivity contribution < 1.29 is 0 Å². The highest BCUT2D eigenvalue weighted by Gasteiger charge is 2.14. The number of likely N-dealkylation sites (N-methyl/N-ethyl adjacent to an activating group) is 1. The summed E-state index contributed by atoms with van der Waals surface area (Å²) in [6.45, 7) is 2.02. The van der Waals surface area contributed by atoms with Gasteiger partial charge in [0.15, 0.2) is 0 Å². The van der Waals surface area contributed by atoms with E-state index in [1.807, 2.05) is 37.4 Å². The van der Waals surface area contributed by atoms with Crippen LogP contribution >= 0.6 is 11.3 Å². The first kappa shape index (κ1) is 11.3. The molecule has 0 bridgehead atoms. The third-order valence-corrected chi connectivity index (χ3v) is 3.54. The van der Waals surface area contributed by atoms with Crippen LogP contribution in [0.1, 0.15) is 22.3 Å². The van der Waals surface area contributed by atoms with Gasteiger partial charge in [0.05, 0.1) is 11.2 Å². The van der Waals surface area contributed by atoms with Crippen LogP contribution in [0.15, 0.2) is 17.8 Å². The zero-order chi connectivity index (χ0) is 11.5. The molecule has 4 nitrogen and oxygen atoms in total. The molecular weight excluding hydrogens is 220 g/mol. The third kappa shape index (κ3) is 2.31. The molecule has 1 unspecified atom stereocenters. The van der Waals surface area contributed by atoms with Gasteiger partial charge in [0.2, 0.25) is 0 Å². The second-order valence-electron chi connectivity index (χ2n) is 3.85. The highest BCUT2D eigenvalue weighted by Crippen LogP contribution is 2.21. The summed E-state index contributed by atoms with van der Waals surface area (Å²) in [6, 6.07) is 2.45. The summed E-state index contributed by atoms with van der Waals surface area (Å²) in [5, 5.41) is 7.68. The molecule has 1 atom stereocenters. The molecule has 0 radical (unpaired) electrons. The number of hydrogen-bond donors (Lipinski definition) is 1. The molecule has 2 aromatic heterocycles. The zero-order valence-corrected chi connectivity index (χ0v) is 10.6. The Labute approximate surface area is 99.3 Å². The van der Waals surface area contributed by atoms with Crippen molar-refractivity contribution in [3.8, 4) is 0 Å². The van der Waals surface area contributed by atoms with Gasteiger partial charge in [0.25, 0.3) is 0 Å². The number of hydrogen-bond acceptors (Lipinski definition) is 4. The van der Waals surface area contributed by atoms with Gasteiger partial charge in [0, 0.05) is 36.3 Å². The minimum absolute atomic E-state index is 0.322. The van der Waals surface area contributed by atoms with E-state index in [-0.39, 0.29) is 0 Å². The minimum atomic E-state index is 0.322. The molecule has 5 heteroatoms. The Hall–Kier alpha value is -1.20. The Morgan fingerprint density at radius 2 is 2.38 bits per heavy atom. The standard InChI is InChI=1S/C11H16N4S/c1-8-4-9(15(3)14-8)5-10(12-2)11-6-13-7-16-11/h4,6-7,10,12H,5H2,1-3H3. The number of nitrogens with one attached hydrogen (secondary N) is 1. The summed E-state index contributed by atoms with van der Waals surface area (Å²) in [4.78, 5) is 5.38. The van der Waals surface area contributed by atoms with Crippen molar-refractivity contribution in [3.63, 3.8) is 0 Å². The summed E-state index contributed by atoms with van der Waals surface area (Å²) >= 11 is 1.68. The molecule has 0 spiro atoms. The normalized spacial score (nSPS) is 12.9. The summed E-state index contributed by atoms with van der Waals surface area (Å²) in [5.41, 5.74) is 4.18. The van der Waals surface area contributed by atoms with E-state index < -0.39 is 0 Å². The molecule has 2 aromatic rings. The highest BCUT2D eigenvalue weighted by molar-refractivity contribution is 7.09. The van der Waals surface area contributed by atoms with Crippen molar-refractivity contribution in [2.75, 3.05) is 7.05 Å². The van der Waals surface area contributed by atoms with Gasteiger partial charge < -0.3 is 5.32 Å². The molecule has 0 aliphatic rings. The molecule has 16 heavy (non-hydrogen) atoms. The van der Waals surface area contributed by atoms with Crippen LogP contribution in [0.25, 0.3) is 0 Å². The van der Waals surface area contributed by atoms with Gasteiger partial charge in [0.1, 0.15) is 0 Å². The molecule has 0 aliphatic carbocycles.